The van der Waals surface area contributed by atoms with E-state index < -0.39 is 0 Å². The Labute approximate surface area is 124 Å². The molecule has 0 aliphatic carbocycles. The van der Waals surface area contributed by atoms with E-state index in [1.807, 2.05) is 48.5 Å². The standard InChI is InChI=1S/C14H14O2S.Li.H/c1-15-11-7-3-5-9-13(11)17-14-10-6-4-8-12(14)16-2;;/h3-10H,1-2H3;;. The van der Waals surface area contributed by atoms with Crippen molar-refractivity contribution in [1.29, 1.82) is 0 Å². The summed E-state index contributed by atoms with van der Waals surface area (Å²) in [5.41, 5.74) is 0. The Balaban J connectivity index is 0.00000162. The first-order valence-corrected chi connectivity index (χ1v) is 6.10. The average molecular weight is 254 g/mol. The molecular formula is C14H15LiO2S. The minimum absolute atomic E-state index is 0. The molecule has 0 amide bonds. The van der Waals surface area contributed by atoms with Crippen molar-refractivity contribution in [1.82, 2.24) is 0 Å². The van der Waals surface area contributed by atoms with Gasteiger partial charge in [0.05, 0.1) is 24.0 Å². The predicted octanol–water partition coefficient (Wildman–Crippen LogP) is 3.21. The zero-order valence-electron chi connectivity index (χ0n) is 9.84. The number of methoxy groups -OCH3 is 2. The molecule has 0 unspecified atom stereocenters. The Morgan fingerprint density at radius 3 is 1.50 bits per heavy atom. The second-order valence-electron chi connectivity index (χ2n) is 3.40. The van der Waals surface area contributed by atoms with Gasteiger partial charge in [-0.2, -0.15) is 0 Å². The van der Waals surface area contributed by atoms with Crippen LogP contribution in [0, 0.1) is 0 Å². The predicted molar refractivity (Wildman–Crippen MR) is 77.3 cm³/mol. The summed E-state index contributed by atoms with van der Waals surface area (Å²) in [5, 5.41) is 0. The molecule has 0 N–H and O–H groups in total. The molecule has 0 radical (unpaired) electrons. The van der Waals surface area contributed by atoms with E-state index in [0.29, 0.717) is 0 Å². The zero-order chi connectivity index (χ0) is 12.1. The molecule has 0 saturated heterocycles. The van der Waals surface area contributed by atoms with Gasteiger partial charge in [0.2, 0.25) is 0 Å². The van der Waals surface area contributed by atoms with E-state index in [2.05, 4.69) is 0 Å². The number of hydrogen-bond donors (Lipinski definition) is 0. The van der Waals surface area contributed by atoms with E-state index in [9.17, 15) is 0 Å². The topological polar surface area (TPSA) is 18.5 Å². The second-order valence-corrected chi connectivity index (χ2v) is 4.49. The van der Waals surface area contributed by atoms with Gasteiger partial charge in [-0.3, -0.25) is 0 Å². The maximum absolute atomic E-state index is 5.33. The van der Waals surface area contributed by atoms with Gasteiger partial charge in [-0.05, 0) is 24.3 Å². The molecule has 0 aliphatic heterocycles. The van der Waals surface area contributed by atoms with Gasteiger partial charge in [-0.1, -0.05) is 36.0 Å². The van der Waals surface area contributed by atoms with Crippen LogP contribution in [0.4, 0.5) is 0 Å². The van der Waals surface area contributed by atoms with Crippen LogP contribution in [-0.2, 0) is 0 Å². The monoisotopic (exact) mass is 254 g/mol. The molecular weight excluding hydrogens is 239 g/mol. The molecule has 4 heteroatoms. The third-order valence-corrected chi connectivity index (χ3v) is 3.47. The molecule has 0 heterocycles. The molecule has 0 aromatic heterocycles. The Morgan fingerprint density at radius 2 is 1.11 bits per heavy atom. The van der Waals surface area contributed by atoms with Gasteiger partial charge in [0.25, 0.3) is 0 Å². The number of para-hydroxylation sites is 2. The van der Waals surface area contributed by atoms with Crippen LogP contribution >= 0.6 is 11.8 Å². The van der Waals surface area contributed by atoms with Crippen molar-refractivity contribution in [2.45, 2.75) is 9.79 Å². The molecule has 0 spiro atoms. The fraction of sp³-hybridized carbons (Fsp3) is 0.143. The van der Waals surface area contributed by atoms with Crippen molar-refractivity contribution in [2.75, 3.05) is 14.2 Å². The third kappa shape index (κ3) is 3.49. The van der Waals surface area contributed by atoms with E-state index in [0.717, 1.165) is 21.3 Å². The van der Waals surface area contributed by atoms with Crippen LogP contribution in [0.1, 0.15) is 0 Å². The van der Waals surface area contributed by atoms with Crippen molar-refractivity contribution in [3.8, 4) is 11.5 Å². The summed E-state index contributed by atoms with van der Waals surface area (Å²) >= 11 is 1.64. The van der Waals surface area contributed by atoms with Gasteiger partial charge in [-0.15, -0.1) is 0 Å². The molecule has 2 rings (SSSR count). The van der Waals surface area contributed by atoms with E-state index in [4.69, 9.17) is 9.47 Å². The molecule has 2 nitrogen and oxygen atoms in total. The minimum atomic E-state index is 0. The van der Waals surface area contributed by atoms with Crippen LogP contribution in [0.5, 0.6) is 11.5 Å². The van der Waals surface area contributed by atoms with Crippen LogP contribution in [0.25, 0.3) is 0 Å². The van der Waals surface area contributed by atoms with Gasteiger partial charge in [0.15, 0.2) is 0 Å². The van der Waals surface area contributed by atoms with Gasteiger partial charge in [0, 0.05) is 0 Å². The quantitative estimate of drug-likeness (QED) is 0.781. The van der Waals surface area contributed by atoms with Crippen LogP contribution in [0.15, 0.2) is 58.3 Å². The van der Waals surface area contributed by atoms with Crippen molar-refractivity contribution in [3.63, 3.8) is 0 Å². The number of ether oxygens (including phenoxy) is 2. The Bertz CT molecular complexity index is 457. The van der Waals surface area contributed by atoms with Gasteiger partial charge in [-0.25, -0.2) is 0 Å². The van der Waals surface area contributed by atoms with Crippen LogP contribution in [0.3, 0.4) is 0 Å². The molecule has 2 aromatic carbocycles. The van der Waals surface area contributed by atoms with E-state index >= 15 is 0 Å². The molecule has 0 saturated carbocycles. The van der Waals surface area contributed by atoms with E-state index in [-0.39, 0.29) is 18.9 Å². The summed E-state index contributed by atoms with van der Waals surface area (Å²) in [5.74, 6) is 1.76. The first-order chi connectivity index (χ1) is 8.35. The van der Waals surface area contributed by atoms with E-state index in [1.165, 1.54) is 0 Å². The van der Waals surface area contributed by atoms with Crippen LogP contribution in [0.2, 0.25) is 0 Å². The molecule has 90 valence electrons. The van der Waals surface area contributed by atoms with Crippen molar-refractivity contribution in [3.05, 3.63) is 48.5 Å². The number of benzene rings is 2. The molecule has 0 bridgehead atoms. The molecule has 18 heavy (non-hydrogen) atoms. The summed E-state index contributed by atoms with van der Waals surface area (Å²) < 4.78 is 10.7. The fourth-order valence-corrected chi connectivity index (χ4v) is 2.56. The number of hydrogen-bond acceptors (Lipinski definition) is 3. The van der Waals surface area contributed by atoms with Gasteiger partial charge >= 0.3 is 18.9 Å². The summed E-state index contributed by atoms with van der Waals surface area (Å²) in [6, 6.07) is 15.9. The first-order valence-electron chi connectivity index (χ1n) is 5.29. The van der Waals surface area contributed by atoms with Gasteiger partial charge in [0.1, 0.15) is 11.5 Å². The van der Waals surface area contributed by atoms with Crippen molar-refractivity contribution in [2.24, 2.45) is 0 Å². The Morgan fingerprint density at radius 1 is 0.722 bits per heavy atom. The second kappa shape index (κ2) is 7.43. The normalized spacial score (nSPS) is 9.44. The molecule has 0 aliphatic rings. The van der Waals surface area contributed by atoms with E-state index in [1.54, 1.807) is 26.0 Å². The SMILES string of the molecule is COc1ccccc1Sc1ccccc1OC.[LiH]. The molecule has 2 aromatic rings. The molecule has 0 atom stereocenters. The third-order valence-electron chi connectivity index (χ3n) is 2.36. The summed E-state index contributed by atoms with van der Waals surface area (Å²) in [7, 11) is 3.36. The Kier molecular flexibility index (Phi) is 6.21. The summed E-state index contributed by atoms with van der Waals surface area (Å²) in [4.78, 5) is 2.17. The van der Waals surface area contributed by atoms with Crippen LogP contribution in [-0.4, -0.2) is 33.1 Å². The average Bonchev–Trinajstić information content (AvgIpc) is 2.40. The Hall–Kier alpha value is -1.01. The maximum atomic E-state index is 5.33. The van der Waals surface area contributed by atoms with Gasteiger partial charge < -0.3 is 9.47 Å². The molecule has 0 fully saturated rings. The van der Waals surface area contributed by atoms with Crippen molar-refractivity contribution < 1.29 is 9.47 Å². The number of rotatable bonds is 4. The van der Waals surface area contributed by atoms with Crippen LogP contribution < -0.4 is 9.47 Å². The summed E-state index contributed by atoms with van der Waals surface area (Å²) in [6.07, 6.45) is 0. The first kappa shape index (κ1) is 15.0. The summed E-state index contributed by atoms with van der Waals surface area (Å²) in [6.45, 7) is 0. The van der Waals surface area contributed by atoms with Crippen molar-refractivity contribution >= 4 is 30.6 Å². The fourth-order valence-electron chi connectivity index (χ4n) is 1.52. The zero-order valence-corrected chi connectivity index (χ0v) is 10.7.